The van der Waals surface area contributed by atoms with E-state index in [1.165, 1.54) is 0 Å². The molecule has 0 radical (unpaired) electrons. The summed E-state index contributed by atoms with van der Waals surface area (Å²) in [5.41, 5.74) is 6.65. The van der Waals surface area contributed by atoms with E-state index in [1.807, 2.05) is 42.5 Å². The fourth-order valence-corrected chi connectivity index (χ4v) is 5.20. The summed E-state index contributed by atoms with van der Waals surface area (Å²) in [7, 11) is 0. The minimum Gasteiger partial charge on any atom is -0.381 e. The monoisotopic (exact) mass is 493 g/mol. The molecule has 0 bridgehead atoms. The number of amides is 1. The number of hydrogen-bond acceptors (Lipinski definition) is 5. The van der Waals surface area contributed by atoms with Gasteiger partial charge in [-0.05, 0) is 92.4 Å². The summed E-state index contributed by atoms with van der Waals surface area (Å²) in [5, 5.41) is 19.7. The van der Waals surface area contributed by atoms with E-state index in [1.54, 1.807) is 0 Å². The smallest absolute Gasteiger partial charge is 0.224 e. The summed E-state index contributed by atoms with van der Waals surface area (Å²) in [6.07, 6.45) is 8.91. The zero-order valence-corrected chi connectivity index (χ0v) is 20.9. The van der Waals surface area contributed by atoms with Crippen molar-refractivity contribution in [1.82, 2.24) is 30.8 Å². The molecule has 0 aliphatic carbocycles. The number of aromatic nitrogens is 4. The average molecular weight is 494 g/mol. The highest BCUT2D eigenvalue weighted by atomic mass is 16.1. The van der Waals surface area contributed by atoms with Gasteiger partial charge in [-0.25, -0.2) is 4.98 Å². The molecule has 0 unspecified atom stereocenters. The maximum absolute atomic E-state index is 12.7. The van der Waals surface area contributed by atoms with Crippen molar-refractivity contribution in [3.63, 3.8) is 0 Å². The van der Waals surface area contributed by atoms with Crippen LogP contribution in [0.25, 0.3) is 40.4 Å². The molecular weight excluding hydrogens is 462 g/mol. The topological polar surface area (TPSA) is 111 Å². The fraction of sp³-hybridized carbons (Fsp3) is 0.276. The highest BCUT2D eigenvalue weighted by Crippen LogP contribution is 2.22. The fourth-order valence-electron chi connectivity index (χ4n) is 5.20. The van der Waals surface area contributed by atoms with Gasteiger partial charge in [-0.2, -0.15) is 5.10 Å². The van der Waals surface area contributed by atoms with Crippen LogP contribution in [0, 0.1) is 12.8 Å². The predicted octanol–water partition coefficient (Wildman–Crippen LogP) is 2.79. The lowest BCUT2D eigenvalue weighted by Crippen LogP contribution is -2.30. The van der Waals surface area contributed by atoms with Gasteiger partial charge in [0.15, 0.2) is 5.82 Å². The van der Waals surface area contributed by atoms with Gasteiger partial charge >= 0.3 is 0 Å². The third-order valence-corrected chi connectivity index (χ3v) is 7.07. The van der Waals surface area contributed by atoms with Crippen LogP contribution in [0.2, 0.25) is 0 Å². The molecule has 6 rings (SSSR count). The Morgan fingerprint density at radius 1 is 1.11 bits per heavy atom. The number of fused-ring (bicyclic) bond motifs is 2. The second-order valence-electron chi connectivity index (χ2n) is 9.87. The van der Waals surface area contributed by atoms with Gasteiger partial charge in [0.05, 0.1) is 16.4 Å². The Labute approximate surface area is 215 Å². The highest BCUT2D eigenvalue weighted by molar-refractivity contribution is 5.91. The van der Waals surface area contributed by atoms with Crippen molar-refractivity contribution in [3.8, 4) is 11.5 Å². The number of aryl methyl sites for hydroxylation is 1. The minimum atomic E-state index is 0.0863. The Morgan fingerprint density at radius 2 is 1.97 bits per heavy atom. The lowest BCUT2D eigenvalue weighted by molar-refractivity contribution is -0.117. The van der Waals surface area contributed by atoms with E-state index in [9.17, 15) is 4.79 Å². The van der Waals surface area contributed by atoms with Gasteiger partial charge in [0, 0.05) is 29.6 Å². The zero-order valence-electron chi connectivity index (χ0n) is 20.9. The summed E-state index contributed by atoms with van der Waals surface area (Å²) in [6.45, 7) is 4.68. The van der Waals surface area contributed by atoms with Gasteiger partial charge in [0.25, 0.3) is 0 Å². The summed E-state index contributed by atoms with van der Waals surface area (Å²) >= 11 is 0. The molecule has 8 nitrogen and oxygen atoms in total. The van der Waals surface area contributed by atoms with Gasteiger partial charge in [0.1, 0.15) is 5.69 Å². The molecule has 37 heavy (non-hydrogen) atoms. The van der Waals surface area contributed by atoms with E-state index < -0.39 is 0 Å². The van der Waals surface area contributed by atoms with Crippen LogP contribution in [0.15, 0.2) is 48.5 Å². The second-order valence-corrected chi connectivity index (χ2v) is 9.87. The first-order valence-electron chi connectivity index (χ1n) is 12.9. The summed E-state index contributed by atoms with van der Waals surface area (Å²) in [5.74, 6) is 1.29. The van der Waals surface area contributed by atoms with Gasteiger partial charge < -0.3 is 20.9 Å². The molecule has 4 heterocycles. The second kappa shape index (κ2) is 10.1. The number of carbonyl (C=O) groups is 1. The Balaban J connectivity index is 1.25. The van der Waals surface area contributed by atoms with E-state index in [-0.39, 0.29) is 5.91 Å². The van der Waals surface area contributed by atoms with Gasteiger partial charge in [0.2, 0.25) is 5.91 Å². The number of rotatable bonds is 5. The number of nitrogens with one attached hydrogen (secondary N) is 5. The average Bonchev–Trinajstić information content (AvgIpc) is 3.47. The van der Waals surface area contributed by atoms with Crippen molar-refractivity contribution in [2.75, 3.05) is 25.0 Å². The van der Waals surface area contributed by atoms with Crippen molar-refractivity contribution in [2.45, 2.75) is 26.2 Å². The third kappa shape index (κ3) is 5.06. The van der Waals surface area contributed by atoms with E-state index in [4.69, 9.17) is 4.98 Å². The van der Waals surface area contributed by atoms with Gasteiger partial charge in [-0.3, -0.25) is 9.89 Å². The summed E-state index contributed by atoms with van der Waals surface area (Å²) in [6, 6.07) is 14.2. The molecule has 4 aromatic rings. The molecule has 2 aromatic carbocycles. The molecule has 1 amide bonds. The molecule has 188 valence electrons. The Morgan fingerprint density at radius 3 is 2.84 bits per heavy atom. The molecule has 0 saturated carbocycles. The van der Waals surface area contributed by atoms with Crippen molar-refractivity contribution in [2.24, 2.45) is 5.92 Å². The van der Waals surface area contributed by atoms with E-state index >= 15 is 0 Å². The quantitative estimate of drug-likeness (QED) is 0.294. The number of carbonyl (C=O) groups excluding carboxylic acids is 1. The molecule has 1 fully saturated rings. The number of nitrogens with zero attached hydrogens (tertiary/aromatic N) is 2. The SMILES string of the molecule is Cc1cc(NC(=O)CC2CCNCC2)cc(/C2=C/C=c3/[nH]nc(-c4nc5ccccc5[nH]4)/c3=C\CN2)c1. The molecule has 0 atom stereocenters. The highest BCUT2D eigenvalue weighted by Gasteiger charge is 2.17. The maximum atomic E-state index is 12.7. The molecule has 8 heteroatoms. The van der Waals surface area contributed by atoms with Crippen LogP contribution in [0.4, 0.5) is 5.69 Å². The molecule has 5 N–H and O–H groups in total. The van der Waals surface area contributed by atoms with Crippen molar-refractivity contribution in [3.05, 3.63) is 70.2 Å². The molecule has 1 saturated heterocycles. The normalized spacial score (nSPS) is 19.2. The maximum Gasteiger partial charge on any atom is 0.224 e. The predicted molar refractivity (Wildman–Crippen MR) is 148 cm³/mol. The molecule has 0 spiro atoms. The minimum absolute atomic E-state index is 0.0863. The van der Waals surface area contributed by atoms with Crippen molar-refractivity contribution >= 4 is 40.5 Å². The number of aromatic amines is 2. The number of imidazole rings is 1. The number of H-pyrrole nitrogens is 2. The first kappa shape index (κ1) is 23.2. The Bertz CT molecular complexity index is 1570. The van der Waals surface area contributed by atoms with Crippen molar-refractivity contribution < 1.29 is 4.79 Å². The Hall–Kier alpha value is -4.17. The summed E-state index contributed by atoms with van der Waals surface area (Å²) < 4.78 is 0. The van der Waals surface area contributed by atoms with Crippen molar-refractivity contribution in [1.29, 1.82) is 0 Å². The van der Waals surface area contributed by atoms with E-state index in [0.717, 1.165) is 81.6 Å². The summed E-state index contributed by atoms with van der Waals surface area (Å²) in [4.78, 5) is 20.8. The molecule has 2 aliphatic heterocycles. The molecule has 2 aromatic heterocycles. The van der Waals surface area contributed by atoms with Crippen LogP contribution >= 0.6 is 0 Å². The van der Waals surface area contributed by atoms with Crippen LogP contribution in [0.3, 0.4) is 0 Å². The van der Waals surface area contributed by atoms with Crippen LogP contribution < -0.4 is 26.5 Å². The lowest BCUT2D eigenvalue weighted by atomic mass is 9.94. The largest absolute Gasteiger partial charge is 0.381 e. The van der Waals surface area contributed by atoms with Gasteiger partial charge in [-0.15, -0.1) is 0 Å². The zero-order chi connectivity index (χ0) is 25.2. The first-order chi connectivity index (χ1) is 18.1. The first-order valence-corrected chi connectivity index (χ1v) is 12.9. The number of benzene rings is 2. The number of hydrogen-bond donors (Lipinski definition) is 5. The van der Waals surface area contributed by atoms with E-state index in [0.29, 0.717) is 18.9 Å². The van der Waals surface area contributed by atoms with Crippen LogP contribution in [-0.4, -0.2) is 45.7 Å². The third-order valence-electron chi connectivity index (χ3n) is 7.07. The number of piperidine rings is 1. The number of para-hydroxylation sites is 2. The lowest BCUT2D eigenvalue weighted by Gasteiger charge is -2.22. The van der Waals surface area contributed by atoms with Crippen LogP contribution in [0.5, 0.6) is 0 Å². The van der Waals surface area contributed by atoms with Crippen LogP contribution in [-0.2, 0) is 4.79 Å². The number of allylic oxidation sites excluding steroid dienone is 1. The van der Waals surface area contributed by atoms with Crippen LogP contribution in [0.1, 0.15) is 30.4 Å². The number of anilines is 1. The molecule has 2 aliphatic rings. The Kier molecular flexibility index (Phi) is 6.32. The molecular formula is C29H31N7O. The van der Waals surface area contributed by atoms with E-state index in [2.05, 4.69) is 56.3 Å². The van der Waals surface area contributed by atoms with Gasteiger partial charge in [-0.1, -0.05) is 18.2 Å². The standard InChI is InChI=1S/C29H31N7O/c1-18-14-20(17-21(15-18)32-27(37)16-19-8-11-30-12-9-19)23-6-7-24-22(10-13-31-23)28(36-35-24)29-33-25-4-2-3-5-26(25)34-29/h2-7,10,14-15,17,19,30-31,35H,8-9,11-13,16H2,1H3,(H,32,37)(H,33,34)/b22-10-,23-6-,24-7+.